The monoisotopic (exact) mass is 834 g/mol. The molecule has 0 N–H and O–H groups in total. The Kier molecular flexibility index (Phi) is 9.09. The van der Waals surface area contributed by atoms with Crippen LogP contribution in [0.1, 0.15) is 25.0 Å². The maximum absolute atomic E-state index is 6.53. The Morgan fingerprint density at radius 1 is 0.385 bits per heavy atom. The van der Waals surface area contributed by atoms with Gasteiger partial charge in [0.15, 0.2) is 17.5 Å². The zero-order valence-corrected chi connectivity index (χ0v) is 36.0. The molecular formula is C60H42N4O. The van der Waals surface area contributed by atoms with Crippen molar-refractivity contribution in [3.05, 3.63) is 230 Å². The van der Waals surface area contributed by atoms with Gasteiger partial charge in [-0.25, -0.2) is 15.0 Å². The molecule has 65 heavy (non-hydrogen) atoms. The lowest BCUT2D eigenvalue weighted by Crippen LogP contribution is -2.16. The Labute approximate surface area is 378 Å². The van der Waals surface area contributed by atoms with Crippen LogP contribution >= 0.6 is 0 Å². The second-order valence-electron chi connectivity index (χ2n) is 17.2. The molecule has 11 aromatic rings. The summed E-state index contributed by atoms with van der Waals surface area (Å²) in [6.07, 6.45) is 0. The second-order valence-corrected chi connectivity index (χ2v) is 17.2. The van der Waals surface area contributed by atoms with Gasteiger partial charge in [-0.15, -0.1) is 0 Å². The summed E-state index contributed by atoms with van der Waals surface area (Å²) >= 11 is 0. The van der Waals surface area contributed by atoms with Crippen molar-refractivity contribution in [1.29, 1.82) is 0 Å². The highest BCUT2D eigenvalue weighted by atomic mass is 16.3. The molecule has 9 aromatic carbocycles. The number of rotatable bonds is 8. The first-order valence-electron chi connectivity index (χ1n) is 22.1. The number of hydrogen-bond acceptors (Lipinski definition) is 5. The average molecular weight is 835 g/mol. The van der Waals surface area contributed by atoms with Gasteiger partial charge in [-0.1, -0.05) is 190 Å². The Hall–Kier alpha value is -8.41. The van der Waals surface area contributed by atoms with Crippen molar-refractivity contribution in [2.75, 3.05) is 4.90 Å². The molecule has 0 unspecified atom stereocenters. The number of aromatic nitrogens is 3. The second kappa shape index (κ2) is 15.4. The first-order chi connectivity index (χ1) is 32.0. The van der Waals surface area contributed by atoms with Crippen LogP contribution in [-0.2, 0) is 5.41 Å². The summed E-state index contributed by atoms with van der Waals surface area (Å²) in [6.45, 7) is 4.69. The Morgan fingerprint density at radius 3 is 1.63 bits per heavy atom. The largest absolute Gasteiger partial charge is 0.456 e. The highest BCUT2D eigenvalue weighted by Crippen LogP contribution is 2.55. The molecule has 0 atom stereocenters. The Balaban J connectivity index is 0.996. The third-order valence-corrected chi connectivity index (χ3v) is 13.0. The predicted octanol–water partition coefficient (Wildman–Crippen LogP) is 15.9. The number of anilines is 3. The molecule has 5 nitrogen and oxygen atoms in total. The van der Waals surface area contributed by atoms with Crippen molar-refractivity contribution in [2.45, 2.75) is 19.3 Å². The molecule has 0 spiro atoms. The lowest BCUT2D eigenvalue weighted by molar-refractivity contribution is 0.660. The minimum Gasteiger partial charge on any atom is -0.456 e. The van der Waals surface area contributed by atoms with Crippen molar-refractivity contribution in [3.63, 3.8) is 0 Å². The van der Waals surface area contributed by atoms with Gasteiger partial charge in [0.1, 0.15) is 11.2 Å². The van der Waals surface area contributed by atoms with E-state index in [0.29, 0.717) is 17.5 Å². The third kappa shape index (κ3) is 6.51. The van der Waals surface area contributed by atoms with Crippen LogP contribution in [0.2, 0.25) is 0 Å². The van der Waals surface area contributed by atoms with Crippen LogP contribution in [0.3, 0.4) is 0 Å². The van der Waals surface area contributed by atoms with Gasteiger partial charge < -0.3 is 9.32 Å². The van der Waals surface area contributed by atoms with Crippen molar-refractivity contribution in [3.8, 4) is 67.5 Å². The Morgan fingerprint density at radius 2 is 0.923 bits per heavy atom. The smallest absolute Gasteiger partial charge is 0.164 e. The lowest BCUT2D eigenvalue weighted by Gasteiger charge is -2.30. The SMILES string of the molecule is CC1(C)c2ccccc2-c2c(N(c3ccc(-c4ccc5oc6cccc(-c7nc(-c8ccccc8)nc(-c8ccccc8)n7)c6c5c4)cc3)c3ccccc3-c3ccccc3)cccc21. The summed E-state index contributed by atoms with van der Waals surface area (Å²) in [5.41, 5.74) is 17.3. The van der Waals surface area contributed by atoms with Gasteiger partial charge in [0.2, 0.25) is 0 Å². The number of nitrogens with zero attached hydrogens (tertiary/aromatic N) is 4. The van der Waals surface area contributed by atoms with E-state index in [1.165, 1.54) is 33.4 Å². The maximum Gasteiger partial charge on any atom is 0.164 e. The van der Waals surface area contributed by atoms with Gasteiger partial charge in [-0.2, -0.15) is 0 Å². The van der Waals surface area contributed by atoms with E-state index in [0.717, 1.165) is 66.8 Å². The molecule has 5 heteroatoms. The lowest BCUT2D eigenvalue weighted by atomic mass is 9.82. The molecule has 0 aliphatic heterocycles. The molecule has 0 amide bonds. The molecule has 308 valence electrons. The zero-order chi connectivity index (χ0) is 43.5. The van der Waals surface area contributed by atoms with E-state index >= 15 is 0 Å². The first-order valence-corrected chi connectivity index (χ1v) is 22.1. The molecule has 1 aliphatic carbocycles. The highest BCUT2D eigenvalue weighted by molar-refractivity contribution is 6.13. The topological polar surface area (TPSA) is 55.1 Å². The van der Waals surface area contributed by atoms with Gasteiger partial charge in [0.05, 0.1) is 11.4 Å². The van der Waals surface area contributed by atoms with Crippen LogP contribution in [0.15, 0.2) is 223 Å². The van der Waals surface area contributed by atoms with Gasteiger partial charge >= 0.3 is 0 Å². The quantitative estimate of drug-likeness (QED) is 0.153. The number of fused-ring (bicyclic) bond motifs is 6. The predicted molar refractivity (Wildman–Crippen MR) is 267 cm³/mol. The van der Waals surface area contributed by atoms with Crippen LogP contribution < -0.4 is 4.90 Å². The van der Waals surface area contributed by atoms with Crippen LogP contribution in [-0.4, -0.2) is 15.0 Å². The summed E-state index contributed by atoms with van der Waals surface area (Å²) in [6, 6.07) is 76.9. The number of hydrogen-bond donors (Lipinski definition) is 0. The van der Waals surface area contributed by atoms with E-state index in [-0.39, 0.29) is 5.41 Å². The molecule has 2 heterocycles. The van der Waals surface area contributed by atoms with Gasteiger partial charge in [-0.05, 0) is 75.8 Å². The molecule has 12 rings (SSSR count). The number of benzene rings is 9. The fourth-order valence-electron chi connectivity index (χ4n) is 9.78. The van der Waals surface area contributed by atoms with E-state index < -0.39 is 0 Å². The standard InChI is InChI=1S/C60H42N4O/c1-60(2)49-27-14-12-25-46(49)56-50(60)28-17-30-52(56)64(51-29-15-13-24-45(51)40-18-6-3-7-19-40)44-35-32-39(33-36-44)43-34-37-53-48(38-43)55-47(26-16-31-54(55)65-53)59-62-57(41-20-8-4-9-21-41)61-58(63-59)42-22-10-5-11-23-42/h3-38H,1-2H3. The van der Waals surface area contributed by atoms with Crippen LogP contribution in [0, 0.1) is 0 Å². The van der Waals surface area contributed by atoms with Gasteiger partial charge in [0, 0.05) is 49.7 Å². The van der Waals surface area contributed by atoms with E-state index in [1.807, 2.05) is 72.8 Å². The van der Waals surface area contributed by atoms with Gasteiger partial charge in [-0.3, -0.25) is 0 Å². The fourth-order valence-corrected chi connectivity index (χ4v) is 9.78. The first kappa shape index (κ1) is 38.3. The van der Waals surface area contributed by atoms with Crippen molar-refractivity contribution in [2.24, 2.45) is 0 Å². The summed E-state index contributed by atoms with van der Waals surface area (Å²) < 4.78 is 6.53. The van der Waals surface area contributed by atoms with E-state index in [1.54, 1.807) is 0 Å². The van der Waals surface area contributed by atoms with Crippen LogP contribution in [0.25, 0.3) is 89.5 Å². The zero-order valence-electron chi connectivity index (χ0n) is 36.0. The molecule has 0 fully saturated rings. The molecule has 1 aliphatic rings. The average Bonchev–Trinajstić information content (AvgIpc) is 3.87. The minimum atomic E-state index is -0.135. The fraction of sp³-hybridized carbons (Fsp3) is 0.0500. The molecule has 0 saturated heterocycles. The normalized spacial score (nSPS) is 12.6. The van der Waals surface area contributed by atoms with Gasteiger partial charge in [0.25, 0.3) is 0 Å². The van der Waals surface area contributed by atoms with E-state index in [2.05, 4.69) is 164 Å². The molecule has 0 saturated carbocycles. The Bertz CT molecular complexity index is 3500. The summed E-state index contributed by atoms with van der Waals surface area (Å²) in [4.78, 5) is 17.6. The third-order valence-electron chi connectivity index (χ3n) is 13.0. The van der Waals surface area contributed by atoms with E-state index in [9.17, 15) is 0 Å². The van der Waals surface area contributed by atoms with Crippen molar-refractivity contribution >= 4 is 39.0 Å². The van der Waals surface area contributed by atoms with Crippen LogP contribution in [0.4, 0.5) is 17.1 Å². The molecule has 0 radical (unpaired) electrons. The molecule has 2 aromatic heterocycles. The number of furan rings is 1. The van der Waals surface area contributed by atoms with Crippen molar-refractivity contribution in [1.82, 2.24) is 15.0 Å². The van der Waals surface area contributed by atoms with Crippen molar-refractivity contribution < 1.29 is 4.42 Å². The highest BCUT2D eigenvalue weighted by Gasteiger charge is 2.38. The van der Waals surface area contributed by atoms with Crippen LogP contribution in [0.5, 0.6) is 0 Å². The summed E-state index contributed by atoms with van der Waals surface area (Å²) in [5, 5.41) is 1.97. The molecular weight excluding hydrogens is 793 g/mol. The summed E-state index contributed by atoms with van der Waals surface area (Å²) in [5.74, 6) is 1.83. The van der Waals surface area contributed by atoms with E-state index in [4.69, 9.17) is 19.4 Å². The summed E-state index contributed by atoms with van der Waals surface area (Å²) in [7, 11) is 0. The molecule has 0 bridgehead atoms. The number of para-hydroxylation sites is 1. The minimum absolute atomic E-state index is 0.135. The maximum atomic E-state index is 6.53.